The van der Waals surface area contributed by atoms with Crippen LogP contribution in [0.1, 0.15) is 123 Å². The Labute approximate surface area is 630 Å². The van der Waals surface area contributed by atoms with E-state index in [0.29, 0.717) is 17.7 Å². The average Bonchev–Trinajstić information content (AvgIpc) is 1.29. The predicted octanol–water partition coefficient (Wildman–Crippen LogP) is -6.20. The second kappa shape index (κ2) is 42.4. The van der Waals surface area contributed by atoms with E-state index in [1.54, 1.807) is 65.8 Å². The molecule has 0 unspecified atom stereocenters. The first-order valence-electron chi connectivity index (χ1n) is 36.0. The molecule has 38 nitrogen and oxygen atoms in total. The number of aromatic amines is 1. The third kappa shape index (κ3) is 27.9. The van der Waals surface area contributed by atoms with Gasteiger partial charge in [-0.15, -0.1) is 0 Å². The van der Waals surface area contributed by atoms with Gasteiger partial charge in [0.2, 0.25) is 94.5 Å². The molecule has 1 fully saturated rings. The van der Waals surface area contributed by atoms with E-state index in [-0.39, 0.29) is 81.5 Å². The summed E-state index contributed by atoms with van der Waals surface area (Å²) in [5.41, 5.74) is 18.9. The molecule has 2 aliphatic rings. The number of nitrogens with two attached hydrogens (primary N) is 3. The zero-order valence-corrected chi connectivity index (χ0v) is 62.6. The van der Waals surface area contributed by atoms with E-state index in [9.17, 15) is 92.0 Å². The van der Waals surface area contributed by atoms with Crippen LogP contribution in [0.25, 0.3) is 0 Å². The molecule has 2 aliphatic heterocycles. The Bertz CT molecular complexity index is 3720. The summed E-state index contributed by atoms with van der Waals surface area (Å²) in [7, 11) is 0. The number of carbonyl (C=O) groups excluding carboxylic acids is 16. The van der Waals surface area contributed by atoms with Gasteiger partial charge in [-0.3, -0.25) is 76.7 Å². The fourth-order valence-corrected chi connectivity index (χ4v) is 12.1. The van der Waals surface area contributed by atoms with E-state index in [0.717, 1.165) is 11.1 Å². The van der Waals surface area contributed by atoms with Crippen LogP contribution >= 0.6 is 0 Å². The number of aliphatic hydroxyl groups is 2. The van der Waals surface area contributed by atoms with Crippen molar-refractivity contribution < 1.29 is 92.0 Å². The Kier molecular flexibility index (Phi) is 34.4. The molecule has 2 aromatic carbocycles. The van der Waals surface area contributed by atoms with Crippen molar-refractivity contribution >= 4 is 94.5 Å². The maximum absolute atomic E-state index is 14.4. The van der Waals surface area contributed by atoms with E-state index in [1.807, 2.05) is 0 Å². The molecule has 0 saturated carbocycles. The van der Waals surface area contributed by atoms with Crippen LogP contribution in [0.5, 0.6) is 5.75 Å². The van der Waals surface area contributed by atoms with Gasteiger partial charge in [0.15, 0.2) is 0 Å². The number of likely N-dealkylation sites (tertiary alicyclic amines) is 1. The van der Waals surface area contributed by atoms with Crippen molar-refractivity contribution in [3.8, 4) is 5.75 Å². The van der Waals surface area contributed by atoms with Crippen molar-refractivity contribution in [2.75, 3.05) is 32.8 Å². The van der Waals surface area contributed by atoms with E-state index in [2.05, 4.69) is 73.8 Å². The Morgan fingerprint density at radius 3 is 1.59 bits per heavy atom. The number of fused-ring (bicyclic) bond motifs is 1. The van der Waals surface area contributed by atoms with Gasteiger partial charge in [-0.2, -0.15) is 0 Å². The highest BCUT2D eigenvalue weighted by Gasteiger charge is 2.41. The summed E-state index contributed by atoms with van der Waals surface area (Å²) in [6, 6.07) is -4.36. The largest absolute Gasteiger partial charge is 0.508 e. The number of nitrogens with zero attached hydrogens (tertiary/aromatic N) is 3. The summed E-state index contributed by atoms with van der Waals surface area (Å²) in [4.78, 5) is 226. The van der Waals surface area contributed by atoms with E-state index in [1.165, 1.54) is 67.4 Å². The molecule has 16 amide bonds. The van der Waals surface area contributed by atoms with Crippen molar-refractivity contribution in [1.29, 1.82) is 0 Å². The molecular formula is C71H105N19O19. The minimum absolute atomic E-state index is 0.00130. The van der Waals surface area contributed by atoms with Crippen molar-refractivity contribution in [1.82, 2.24) is 83.6 Å². The van der Waals surface area contributed by atoms with Crippen LogP contribution in [0.4, 0.5) is 0 Å². The van der Waals surface area contributed by atoms with Crippen LogP contribution < -0.4 is 81.0 Å². The van der Waals surface area contributed by atoms with Crippen LogP contribution in [0.2, 0.25) is 0 Å². The molecule has 3 aromatic rings. The highest BCUT2D eigenvalue weighted by Crippen LogP contribution is 2.25. The van der Waals surface area contributed by atoms with Gasteiger partial charge in [0.25, 0.3) is 0 Å². The van der Waals surface area contributed by atoms with Crippen LogP contribution in [-0.4, -0.2) is 241 Å². The first kappa shape index (κ1) is 88.5. The number of aliphatic hydroxyl groups excluding tert-OH is 2. The van der Waals surface area contributed by atoms with E-state index < -0.39 is 206 Å². The van der Waals surface area contributed by atoms with E-state index >= 15 is 0 Å². The lowest BCUT2D eigenvalue weighted by molar-refractivity contribution is -0.143. The molecule has 0 aliphatic carbocycles. The lowest BCUT2D eigenvalue weighted by atomic mass is 9.93. The molecule has 0 radical (unpaired) electrons. The van der Waals surface area contributed by atoms with Crippen molar-refractivity contribution in [3.05, 3.63) is 83.4 Å². The Morgan fingerprint density at radius 2 is 1.04 bits per heavy atom. The normalized spacial score (nSPS) is 16.9. The zero-order chi connectivity index (χ0) is 81.1. The van der Waals surface area contributed by atoms with Gasteiger partial charge >= 0.3 is 0 Å². The second-order valence-corrected chi connectivity index (χ2v) is 28.4. The molecule has 1 saturated heterocycles. The van der Waals surface area contributed by atoms with Crippen LogP contribution in [-0.2, 0) is 103 Å². The summed E-state index contributed by atoms with van der Waals surface area (Å²) in [6.07, 6.45) is 0.672. The molecule has 0 spiro atoms. The van der Waals surface area contributed by atoms with Crippen molar-refractivity contribution in [2.24, 2.45) is 35.0 Å². The van der Waals surface area contributed by atoms with Gasteiger partial charge in [0, 0.05) is 44.2 Å². The smallest absolute Gasteiger partial charge is 0.245 e. The van der Waals surface area contributed by atoms with Crippen LogP contribution in [0.3, 0.4) is 0 Å². The number of phenolic OH excluding ortho intramolecular Hbond substituents is 1. The summed E-state index contributed by atoms with van der Waals surface area (Å²) < 4.78 is 0. The van der Waals surface area contributed by atoms with Crippen LogP contribution in [0, 0.1) is 17.8 Å². The standard InChI is InChI=1S/C71H105N19O19/c1-35(2)21-46(62(100)77-31-58(97)89-20-12-15-53(89)69(107)85-50(26-44-29-75-34-78-44)63(101)79-38(7)60(74)98)82-64(102)47(22-36(3)4)83-66(104)49(24-41-16-18-45(93)19-17-41)81-56(95)30-76-61(99)39(8)80-68(106)52(33-91)87-67(105)51(27-55(73)94)84-65(103)48(23-37(5)6)86-71(109)59(40(9)92)88-70(108)54-25-42-13-10-11-14-43(42)32-90(54)57(96)28-72/h10-11,13-14,16-19,29,34-40,46-54,59,91-93H,12,15,20-28,30-33,72H2,1-9H3,(H2,73,94)(H2,74,98)(H,75,78)(H,76,99)(H,77,100)(H,79,101)(H,80,106)(H,81,95)(H,82,102)(H,83,104)(H,84,103)(H,85,107)(H,86,109)(H,87,105)(H,88,108)/t38-,39-,40+,46-,47-,48-,49-,50-,51-,52-,53-,54+,59-/m0/s1. The Morgan fingerprint density at radius 1 is 0.532 bits per heavy atom. The zero-order valence-electron chi connectivity index (χ0n) is 62.6. The van der Waals surface area contributed by atoms with Crippen molar-refractivity contribution in [2.45, 2.75) is 205 Å². The molecule has 3 heterocycles. The third-order valence-electron chi connectivity index (χ3n) is 17.9. The minimum Gasteiger partial charge on any atom is -0.508 e. The average molecular weight is 1530 g/mol. The number of primary amides is 2. The highest BCUT2D eigenvalue weighted by atomic mass is 16.3. The number of H-pyrrole nitrogens is 1. The van der Waals surface area contributed by atoms with Crippen LogP contribution in [0.15, 0.2) is 61.1 Å². The molecule has 22 N–H and O–H groups in total. The molecular weight excluding hydrogens is 1420 g/mol. The van der Waals surface area contributed by atoms with Crippen molar-refractivity contribution in [3.63, 3.8) is 0 Å². The summed E-state index contributed by atoms with van der Waals surface area (Å²) in [6.45, 7) is 11.4. The first-order valence-corrected chi connectivity index (χ1v) is 36.0. The molecule has 0 bridgehead atoms. The fourth-order valence-electron chi connectivity index (χ4n) is 12.1. The number of rotatable bonds is 41. The van der Waals surface area contributed by atoms with Gasteiger partial charge in [-0.1, -0.05) is 77.9 Å². The topological polar surface area (TPSA) is 591 Å². The highest BCUT2D eigenvalue weighted by molar-refractivity contribution is 6.01. The number of hydrogen-bond donors (Lipinski definition) is 19. The predicted molar refractivity (Wildman–Crippen MR) is 389 cm³/mol. The number of imidazole rings is 1. The monoisotopic (exact) mass is 1530 g/mol. The van der Waals surface area contributed by atoms with Gasteiger partial charge in [-0.25, -0.2) is 4.98 Å². The molecule has 598 valence electrons. The maximum atomic E-state index is 14.4. The van der Waals surface area contributed by atoms with Gasteiger partial charge in [-0.05, 0) is 99.5 Å². The molecule has 38 heteroatoms. The lowest BCUT2D eigenvalue weighted by Gasteiger charge is -2.37. The van der Waals surface area contributed by atoms with Gasteiger partial charge in [0.05, 0.1) is 45.1 Å². The third-order valence-corrected chi connectivity index (χ3v) is 17.9. The number of hydrogen-bond acceptors (Lipinski definition) is 21. The van der Waals surface area contributed by atoms with Gasteiger partial charge < -0.3 is 111 Å². The number of amides is 16. The maximum Gasteiger partial charge on any atom is 0.245 e. The lowest BCUT2D eigenvalue weighted by Crippen LogP contribution is -2.62. The van der Waals surface area contributed by atoms with Gasteiger partial charge in [0.1, 0.15) is 78.3 Å². The minimum atomic E-state index is -1.87. The molecule has 5 rings (SSSR count). The second-order valence-electron chi connectivity index (χ2n) is 28.4. The van der Waals surface area contributed by atoms with E-state index in [4.69, 9.17) is 17.2 Å². The number of nitrogens with one attached hydrogen (secondary N) is 13. The number of benzene rings is 2. The molecule has 13 atom stereocenters. The Hall–Kier alpha value is -11.1. The summed E-state index contributed by atoms with van der Waals surface area (Å²) >= 11 is 0. The number of aromatic nitrogens is 2. The molecule has 1 aromatic heterocycles. The number of carbonyl (C=O) groups is 16. The summed E-state index contributed by atoms with van der Waals surface area (Å²) in [5, 5.41) is 60.8. The Balaban J connectivity index is 1.20. The summed E-state index contributed by atoms with van der Waals surface area (Å²) in [5.74, 6) is -15.3. The molecule has 109 heavy (non-hydrogen) atoms. The first-order chi connectivity index (χ1) is 51.4. The SMILES string of the molecule is CC(C)C[C@H](NC(=O)[C@H](CC(C)C)NC(=O)[C@H](Cc1ccc(O)cc1)NC(=O)CNC(=O)[C@H](C)NC(=O)[C@H](CO)NC(=O)[C@H](CC(N)=O)NC(=O)[C@H](CC(C)C)NC(=O)[C@@H](NC(=O)[C@H]1Cc2ccccc2CN1C(=O)CN)[C@@H](C)O)C(=O)NCC(=O)N1CCC[C@H]1C(=O)N[C@@H](Cc1cnc[nH]1)C(=O)N[C@@H](C)C(N)=O. The fraction of sp³-hybridized carbons (Fsp3) is 0.563. The number of aromatic hydroxyl groups is 1. The number of phenols is 1. The quantitative estimate of drug-likeness (QED) is 0.0251.